The van der Waals surface area contributed by atoms with Crippen LogP contribution in [0.5, 0.6) is 11.8 Å². The molecule has 48 heavy (non-hydrogen) atoms. The SMILES string of the molecule is C=CC(=O)NCc1ccc(-c2sc3c(-c4cn5c(n4)CN(C)CC5)cnc(N)c3c2-c2ccc(Oc3nccc(C)n3)c(F)c2)c(C)c1. The molecule has 1 aliphatic rings. The number of hydrogen-bond acceptors (Lipinski definition) is 9. The lowest BCUT2D eigenvalue weighted by Gasteiger charge is -2.22. The maximum atomic E-state index is 15.8. The van der Waals surface area contributed by atoms with Crippen molar-refractivity contribution in [2.45, 2.75) is 33.5 Å². The third kappa shape index (κ3) is 5.91. The second-order valence-electron chi connectivity index (χ2n) is 11.8. The number of pyridine rings is 1. The number of amides is 1. The van der Waals surface area contributed by atoms with Crippen molar-refractivity contribution >= 4 is 33.1 Å². The highest BCUT2D eigenvalue weighted by atomic mass is 32.1. The second kappa shape index (κ2) is 12.6. The van der Waals surface area contributed by atoms with E-state index in [1.165, 1.54) is 12.1 Å². The lowest BCUT2D eigenvalue weighted by molar-refractivity contribution is -0.116. The summed E-state index contributed by atoms with van der Waals surface area (Å²) < 4.78 is 24.6. The number of hydrogen-bond donors (Lipinski definition) is 2. The number of imidazole rings is 1. The van der Waals surface area contributed by atoms with Crippen molar-refractivity contribution in [3.8, 4) is 44.6 Å². The molecule has 0 spiro atoms. The van der Waals surface area contributed by atoms with E-state index in [9.17, 15) is 4.79 Å². The zero-order valence-electron chi connectivity index (χ0n) is 26.7. The molecule has 0 bridgehead atoms. The number of nitrogens with one attached hydrogen (secondary N) is 1. The molecule has 0 saturated carbocycles. The number of likely N-dealkylation sites (N-methyl/N-ethyl adjacent to an activating group) is 1. The van der Waals surface area contributed by atoms with E-state index in [-0.39, 0.29) is 17.7 Å². The third-order valence-electron chi connectivity index (χ3n) is 8.39. The van der Waals surface area contributed by atoms with Gasteiger partial charge in [0, 0.05) is 65.3 Å². The number of anilines is 1. The molecule has 3 N–H and O–H groups in total. The monoisotopic (exact) mass is 660 g/mol. The fraction of sp³-hybridized carbons (Fsp3) is 0.194. The number of fused-ring (bicyclic) bond motifs is 2. The molecular weight excluding hydrogens is 628 g/mol. The number of nitrogens with two attached hydrogens (primary N) is 1. The van der Waals surface area contributed by atoms with Crippen LogP contribution in [0.3, 0.4) is 0 Å². The predicted octanol–water partition coefficient (Wildman–Crippen LogP) is 6.66. The maximum absolute atomic E-state index is 15.8. The summed E-state index contributed by atoms with van der Waals surface area (Å²) in [6.07, 6.45) is 6.66. The van der Waals surface area contributed by atoms with Gasteiger partial charge in [0.2, 0.25) is 5.91 Å². The van der Waals surface area contributed by atoms with Crippen LogP contribution in [0.25, 0.3) is 42.9 Å². The molecule has 5 heterocycles. The van der Waals surface area contributed by atoms with E-state index in [0.29, 0.717) is 23.6 Å². The summed E-state index contributed by atoms with van der Waals surface area (Å²) in [6.45, 7) is 10.3. The van der Waals surface area contributed by atoms with Gasteiger partial charge in [-0.15, -0.1) is 11.3 Å². The minimum absolute atomic E-state index is 0.00730. The molecule has 0 radical (unpaired) electrons. The Morgan fingerprint density at radius 3 is 2.75 bits per heavy atom. The highest BCUT2D eigenvalue weighted by molar-refractivity contribution is 7.23. The lowest BCUT2D eigenvalue weighted by atomic mass is 9.95. The minimum Gasteiger partial charge on any atom is -0.421 e. The van der Waals surface area contributed by atoms with Crippen molar-refractivity contribution in [3.63, 3.8) is 0 Å². The molecule has 1 aliphatic heterocycles. The zero-order valence-corrected chi connectivity index (χ0v) is 27.6. The van der Waals surface area contributed by atoms with Crippen molar-refractivity contribution in [2.75, 3.05) is 19.3 Å². The van der Waals surface area contributed by atoms with Crippen LogP contribution in [0, 0.1) is 19.7 Å². The number of thiophene rings is 1. The van der Waals surface area contributed by atoms with Crippen molar-refractivity contribution < 1.29 is 13.9 Å². The number of rotatable bonds is 8. The molecule has 6 aromatic rings. The van der Waals surface area contributed by atoms with E-state index in [1.54, 1.807) is 35.9 Å². The number of benzene rings is 2. The van der Waals surface area contributed by atoms with E-state index in [4.69, 9.17) is 15.5 Å². The van der Waals surface area contributed by atoms with Crippen LogP contribution in [-0.2, 0) is 24.4 Å². The molecule has 2 aromatic carbocycles. The lowest BCUT2D eigenvalue weighted by Crippen LogP contribution is -2.30. The van der Waals surface area contributed by atoms with Crippen molar-refractivity contribution in [1.82, 2.24) is 34.7 Å². The standard InChI is InChI=1S/C36H33FN8O2S/c1-5-30(46)40-16-22-6-8-24(20(2)14-22)33-31(23-7-9-28(26(37)15-23)47-36-39-11-10-21(3)42-36)32-34(48-33)25(17-41-35(32)38)27-18-45-13-12-44(4)19-29(45)43-27/h5-11,14-15,17-18H,1,12-13,16,19H2,2-4H3,(H2,38,41)(H,40,46). The minimum atomic E-state index is -0.568. The van der Waals surface area contributed by atoms with Gasteiger partial charge >= 0.3 is 6.01 Å². The van der Waals surface area contributed by atoms with Gasteiger partial charge in [0.15, 0.2) is 11.6 Å². The van der Waals surface area contributed by atoms with Crippen LogP contribution in [-0.4, -0.2) is 48.9 Å². The summed E-state index contributed by atoms with van der Waals surface area (Å²) in [6, 6.07) is 12.7. The number of carbonyl (C=O) groups excluding carboxylic acids is 1. The van der Waals surface area contributed by atoms with Gasteiger partial charge < -0.3 is 20.4 Å². The highest BCUT2D eigenvalue weighted by Crippen LogP contribution is 2.50. The second-order valence-corrected chi connectivity index (χ2v) is 12.9. The first-order valence-electron chi connectivity index (χ1n) is 15.4. The van der Waals surface area contributed by atoms with Gasteiger partial charge in [-0.05, 0) is 67.4 Å². The van der Waals surface area contributed by atoms with E-state index in [0.717, 1.165) is 73.9 Å². The Hall–Kier alpha value is -5.46. The van der Waals surface area contributed by atoms with Gasteiger partial charge in [-0.2, -0.15) is 0 Å². The molecule has 0 atom stereocenters. The number of ether oxygens (including phenoxy) is 1. The number of nitrogen functional groups attached to an aromatic ring is 1. The van der Waals surface area contributed by atoms with Gasteiger partial charge in [0.25, 0.3) is 0 Å². The number of halogens is 1. The van der Waals surface area contributed by atoms with Gasteiger partial charge in [-0.1, -0.05) is 30.8 Å². The van der Waals surface area contributed by atoms with E-state index in [2.05, 4.69) is 49.6 Å². The number of aromatic nitrogens is 5. The molecule has 0 saturated heterocycles. The molecule has 0 aliphatic carbocycles. The predicted molar refractivity (Wildman–Crippen MR) is 186 cm³/mol. The summed E-state index contributed by atoms with van der Waals surface area (Å²) >= 11 is 1.57. The Balaban J connectivity index is 1.39. The molecule has 1 amide bonds. The van der Waals surface area contributed by atoms with E-state index < -0.39 is 5.82 Å². The van der Waals surface area contributed by atoms with E-state index in [1.807, 2.05) is 38.1 Å². The molecule has 10 nitrogen and oxygen atoms in total. The quantitative estimate of drug-likeness (QED) is 0.174. The first-order valence-corrected chi connectivity index (χ1v) is 16.2. The van der Waals surface area contributed by atoms with Gasteiger partial charge in [0.1, 0.15) is 11.6 Å². The first-order chi connectivity index (χ1) is 23.2. The van der Waals surface area contributed by atoms with Crippen LogP contribution in [0.4, 0.5) is 10.2 Å². The normalized spacial score (nSPS) is 13.0. The average Bonchev–Trinajstić information content (AvgIpc) is 3.67. The van der Waals surface area contributed by atoms with Crippen LogP contribution in [0.15, 0.2) is 73.7 Å². The highest BCUT2D eigenvalue weighted by Gasteiger charge is 2.25. The molecular formula is C36H33FN8O2S. The summed E-state index contributed by atoms with van der Waals surface area (Å²) in [5.74, 6) is 0.528. The summed E-state index contributed by atoms with van der Waals surface area (Å²) in [4.78, 5) is 32.9. The molecule has 242 valence electrons. The van der Waals surface area contributed by atoms with E-state index >= 15 is 4.39 Å². The fourth-order valence-electron chi connectivity index (χ4n) is 5.94. The average molecular weight is 661 g/mol. The number of nitrogens with zero attached hydrogens (tertiary/aromatic N) is 6. The largest absolute Gasteiger partial charge is 0.421 e. The third-order valence-corrected chi connectivity index (χ3v) is 9.65. The number of carbonyl (C=O) groups is 1. The Morgan fingerprint density at radius 1 is 1.12 bits per heavy atom. The van der Waals surface area contributed by atoms with Crippen LogP contribution < -0.4 is 15.8 Å². The summed E-state index contributed by atoms with van der Waals surface area (Å²) in [5, 5.41) is 3.56. The Kier molecular flexibility index (Phi) is 8.19. The molecule has 12 heteroatoms. The van der Waals surface area contributed by atoms with Crippen molar-refractivity contribution in [1.29, 1.82) is 0 Å². The molecule has 7 rings (SSSR count). The summed E-state index contributed by atoms with van der Waals surface area (Å²) in [7, 11) is 2.09. The maximum Gasteiger partial charge on any atom is 0.322 e. The van der Waals surface area contributed by atoms with Crippen LogP contribution in [0.1, 0.15) is 22.6 Å². The van der Waals surface area contributed by atoms with Crippen LogP contribution >= 0.6 is 11.3 Å². The topological polar surface area (TPSA) is 124 Å². The first kappa shape index (κ1) is 31.2. The van der Waals surface area contributed by atoms with Gasteiger partial charge in [-0.3, -0.25) is 9.69 Å². The van der Waals surface area contributed by atoms with Crippen molar-refractivity contribution in [2.24, 2.45) is 0 Å². The Bertz CT molecular complexity index is 2230. The van der Waals surface area contributed by atoms with Gasteiger partial charge in [0.05, 0.1) is 16.9 Å². The number of aryl methyl sites for hydroxylation is 2. The van der Waals surface area contributed by atoms with Crippen molar-refractivity contribution in [3.05, 3.63) is 102 Å². The Morgan fingerprint density at radius 2 is 1.98 bits per heavy atom. The zero-order chi connectivity index (χ0) is 33.5. The van der Waals surface area contributed by atoms with Crippen LogP contribution in [0.2, 0.25) is 0 Å². The molecule has 0 fully saturated rings. The summed E-state index contributed by atoms with van der Waals surface area (Å²) in [5.41, 5.74) is 13.3. The molecule has 4 aromatic heterocycles. The fourth-order valence-corrected chi connectivity index (χ4v) is 7.38. The Labute approximate surface area is 280 Å². The molecule has 0 unspecified atom stereocenters. The van der Waals surface area contributed by atoms with Gasteiger partial charge in [-0.25, -0.2) is 24.3 Å². The smallest absolute Gasteiger partial charge is 0.322 e.